The normalized spacial score (nSPS) is 16.2. The lowest BCUT2D eigenvalue weighted by Crippen LogP contribution is -2.39. The van der Waals surface area contributed by atoms with Crippen LogP contribution in [0.1, 0.15) is 55.1 Å². The summed E-state index contributed by atoms with van der Waals surface area (Å²) in [6.07, 6.45) is 1.95. The Morgan fingerprint density at radius 1 is 1.00 bits per heavy atom. The van der Waals surface area contributed by atoms with Gasteiger partial charge in [0.25, 0.3) is 0 Å². The first-order chi connectivity index (χ1) is 13.4. The molecule has 0 spiro atoms. The molecule has 0 aromatic heterocycles. The summed E-state index contributed by atoms with van der Waals surface area (Å²) in [4.78, 5) is 15.1. The highest BCUT2D eigenvalue weighted by atomic mass is 16.1. The molecule has 1 fully saturated rings. The Hall–Kier alpha value is -1.97. The molecule has 2 aromatic rings. The molecule has 150 valence electrons. The molecule has 0 unspecified atom stereocenters. The molecule has 2 aromatic carbocycles. The van der Waals surface area contributed by atoms with Gasteiger partial charge in [0.15, 0.2) is 5.78 Å². The van der Waals surface area contributed by atoms with E-state index < -0.39 is 0 Å². The van der Waals surface area contributed by atoms with Gasteiger partial charge in [-0.3, -0.25) is 4.79 Å². The van der Waals surface area contributed by atoms with Crippen molar-refractivity contribution in [3.8, 4) is 0 Å². The quantitative estimate of drug-likeness (QED) is 0.561. The Bertz CT molecular complexity index is 738. The second-order valence-corrected chi connectivity index (χ2v) is 8.97. The van der Waals surface area contributed by atoms with Gasteiger partial charge >= 0.3 is 0 Å². The monoisotopic (exact) mass is 378 g/mol. The van der Waals surface area contributed by atoms with Crippen molar-refractivity contribution in [3.05, 3.63) is 71.3 Å². The van der Waals surface area contributed by atoms with Crippen LogP contribution in [0.2, 0.25) is 0 Å². The van der Waals surface area contributed by atoms with Crippen molar-refractivity contribution in [3.63, 3.8) is 0 Å². The zero-order valence-corrected chi connectivity index (χ0v) is 17.6. The molecule has 1 saturated heterocycles. The summed E-state index contributed by atoms with van der Waals surface area (Å²) in [6, 6.07) is 18.7. The van der Waals surface area contributed by atoms with Crippen LogP contribution in [-0.4, -0.2) is 36.9 Å². The largest absolute Gasteiger partial charge is 0.311 e. The number of likely N-dealkylation sites (tertiary alicyclic amines) is 1. The van der Waals surface area contributed by atoms with Gasteiger partial charge in [0.2, 0.25) is 0 Å². The number of nitrogens with zero attached hydrogens (tertiary/aromatic N) is 1. The van der Waals surface area contributed by atoms with Crippen LogP contribution < -0.4 is 5.32 Å². The van der Waals surface area contributed by atoms with E-state index in [0.29, 0.717) is 5.78 Å². The fourth-order valence-corrected chi connectivity index (χ4v) is 3.85. The Morgan fingerprint density at radius 3 is 2.25 bits per heavy atom. The Morgan fingerprint density at radius 2 is 1.64 bits per heavy atom. The predicted octanol–water partition coefficient (Wildman–Crippen LogP) is 4.67. The molecule has 0 aliphatic carbocycles. The summed E-state index contributed by atoms with van der Waals surface area (Å²) in [6.45, 7) is 11.7. The molecule has 1 heterocycles. The van der Waals surface area contributed by atoms with Crippen LogP contribution in [0.3, 0.4) is 0 Å². The van der Waals surface area contributed by atoms with Gasteiger partial charge < -0.3 is 10.2 Å². The van der Waals surface area contributed by atoms with E-state index in [0.717, 1.165) is 51.1 Å². The number of benzene rings is 2. The summed E-state index contributed by atoms with van der Waals surface area (Å²) in [5, 5.41) is 3.56. The maximum Gasteiger partial charge on any atom is 0.166 e. The number of hydrogen-bond donors (Lipinski definition) is 1. The van der Waals surface area contributed by atoms with Crippen molar-refractivity contribution in [1.29, 1.82) is 0 Å². The molecular formula is C25H34N2O. The maximum absolute atomic E-state index is 12.6. The lowest BCUT2D eigenvalue weighted by molar-refractivity contribution is 0.0841. The van der Waals surface area contributed by atoms with Gasteiger partial charge in [-0.25, -0.2) is 0 Å². The molecule has 3 nitrogen and oxygen atoms in total. The molecule has 3 rings (SSSR count). The van der Waals surface area contributed by atoms with Gasteiger partial charge in [0, 0.05) is 31.1 Å². The molecule has 0 amide bonds. The van der Waals surface area contributed by atoms with E-state index in [1.165, 1.54) is 11.1 Å². The second kappa shape index (κ2) is 9.49. The predicted molar refractivity (Wildman–Crippen MR) is 117 cm³/mol. The molecule has 3 heteroatoms. The zero-order chi connectivity index (χ0) is 20.0. The number of nitrogens with one attached hydrogen (secondary N) is 1. The van der Waals surface area contributed by atoms with E-state index in [2.05, 4.69) is 55.3 Å². The number of rotatable bonds is 7. The van der Waals surface area contributed by atoms with Crippen molar-refractivity contribution in [1.82, 2.24) is 10.2 Å². The van der Waals surface area contributed by atoms with Crippen molar-refractivity contribution in [2.45, 2.75) is 45.6 Å². The number of piperidine rings is 1. The summed E-state index contributed by atoms with van der Waals surface area (Å²) in [5.41, 5.74) is 3.78. The first-order valence-electron chi connectivity index (χ1n) is 10.6. The lowest BCUT2D eigenvalue weighted by Gasteiger charge is -2.31. The van der Waals surface area contributed by atoms with E-state index in [1.54, 1.807) is 0 Å². The Kier molecular flexibility index (Phi) is 7.03. The molecule has 0 radical (unpaired) electrons. The Labute approximate surface area is 170 Å². The maximum atomic E-state index is 12.6. The third-order valence-electron chi connectivity index (χ3n) is 5.77. The average Bonchev–Trinajstić information content (AvgIpc) is 2.71. The van der Waals surface area contributed by atoms with E-state index in [1.807, 2.05) is 30.3 Å². The van der Waals surface area contributed by atoms with Gasteiger partial charge in [-0.1, -0.05) is 75.4 Å². The minimum atomic E-state index is 0.188. The standard InChI is InChI=1S/C25H34N2O/c1-25(2,3)23-11-9-20(10-12-23)19-26-15-18-27-16-13-22(14-17-27)24(28)21-7-5-4-6-8-21/h4-12,22,26H,13-19H2,1-3H3. The van der Waals surface area contributed by atoms with Crippen molar-refractivity contribution < 1.29 is 4.79 Å². The number of carbonyl (C=O) groups is 1. The number of carbonyl (C=O) groups excluding carboxylic acids is 1. The topological polar surface area (TPSA) is 32.3 Å². The fraction of sp³-hybridized carbons (Fsp3) is 0.480. The molecular weight excluding hydrogens is 344 g/mol. The van der Waals surface area contributed by atoms with Gasteiger partial charge in [-0.05, 0) is 42.5 Å². The van der Waals surface area contributed by atoms with E-state index in [-0.39, 0.29) is 11.3 Å². The lowest BCUT2D eigenvalue weighted by atomic mass is 9.87. The van der Waals surface area contributed by atoms with E-state index in [9.17, 15) is 4.79 Å². The van der Waals surface area contributed by atoms with Crippen LogP contribution in [0, 0.1) is 5.92 Å². The van der Waals surface area contributed by atoms with Gasteiger partial charge in [0.05, 0.1) is 0 Å². The summed E-state index contributed by atoms with van der Waals surface area (Å²) in [7, 11) is 0. The van der Waals surface area contributed by atoms with Crippen molar-refractivity contribution in [2.24, 2.45) is 5.92 Å². The van der Waals surface area contributed by atoms with Crippen molar-refractivity contribution >= 4 is 5.78 Å². The highest BCUT2D eigenvalue weighted by molar-refractivity contribution is 5.97. The summed E-state index contributed by atoms with van der Waals surface area (Å²) >= 11 is 0. The highest BCUT2D eigenvalue weighted by Crippen LogP contribution is 2.23. The highest BCUT2D eigenvalue weighted by Gasteiger charge is 2.25. The van der Waals surface area contributed by atoms with Crippen LogP contribution in [0.15, 0.2) is 54.6 Å². The molecule has 0 atom stereocenters. The summed E-state index contributed by atoms with van der Waals surface area (Å²) < 4.78 is 0. The van der Waals surface area contributed by atoms with E-state index >= 15 is 0 Å². The smallest absolute Gasteiger partial charge is 0.166 e. The molecule has 0 saturated carbocycles. The number of ketones is 1. The number of Topliss-reactive ketones (excluding diaryl/α,β-unsaturated/α-hetero) is 1. The van der Waals surface area contributed by atoms with E-state index in [4.69, 9.17) is 0 Å². The number of hydrogen-bond acceptors (Lipinski definition) is 3. The van der Waals surface area contributed by atoms with Gasteiger partial charge in [-0.2, -0.15) is 0 Å². The first-order valence-corrected chi connectivity index (χ1v) is 10.6. The first kappa shape index (κ1) is 20.8. The molecule has 0 bridgehead atoms. The fourth-order valence-electron chi connectivity index (χ4n) is 3.85. The minimum Gasteiger partial charge on any atom is -0.311 e. The molecule has 1 N–H and O–H groups in total. The average molecular weight is 379 g/mol. The molecule has 28 heavy (non-hydrogen) atoms. The molecule has 1 aliphatic rings. The SMILES string of the molecule is CC(C)(C)c1ccc(CNCCN2CCC(C(=O)c3ccccc3)CC2)cc1. The Balaban J connectivity index is 1.35. The zero-order valence-electron chi connectivity index (χ0n) is 17.6. The van der Waals surface area contributed by atoms with Crippen LogP contribution in [-0.2, 0) is 12.0 Å². The third-order valence-corrected chi connectivity index (χ3v) is 5.77. The van der Waals surface area contributed by atoms with Gasteiger partial charge in [-0.15, -0.1) is 0 Å². The summed E-state index contributed by atoms with van der Waals surface area (Å²) in [5.74, 6) is 0.505. The minimum absolute atomic E-state index is 0.188. The van der Waals surface area contributed by atoms with Crippen LogP contribution in [0.5, 0.6) is 0 Å². The van der Waals surface area contributed by atoms with Crippen molar-refractivity contribution in [2.75, 3.05) is 26.2 Å². The third kappa shape index (κ3) is 5.76. The molecule has 1 aliphatic heterocycles. The second-order valence-electron chi connectivity index (χ2n) is 8.97. The van der Waals surface area contributed by atoms with Crippen LogP contribution in [0.25, 0.3) is 0 Å². The van der Waals surface area contributed by atoms with Crippen LogP contribution in [0.4, 0.5) is 0 Å². The van der Waals surface area contributed by atoms with Gasteiger partial charge in [0.1, 0.15) is 0 Å². The van der Waals surface area contributed by atoms with Crippen LogP contribution >= 0.6 is 0 Å².